The molecule has 59 heavy (non-hydrogen) atoms. The topological polar surface area (TPSA) is 158 Å². The van der Waals surface area contributed by atoms with Crippen molar-refractivity contribution in [1.82, 2.24) is 39.8 Å². The summed E-state index contributed by atoms with van der Waals surface area (Å²) in [5, 5.41) is 3.26. The number of piperidine rings is 3. The van der Waals surface area contributed by atoms with Crippen LogP contribution in [0.25, 0.3) is 0 Å². The molecule has 4 rings (SSSR count). The summed E-state index contributed by atoms with van der Waals surface area (Å²) in [7, 11) is 0. The SMILES string of the molecule is C#CCN(C(=O)OC(C)(C)C)C1CCN(C(C)=O)CC1.C#CCNC1CCN(C(C)=O)CC1.CC(=O)N1CCC(N(CC#Cc2cnccn2)C(=O)OC(C)(C)C)CC1. The minimum atomic E-state index is -0.576. The van der Waals surface area contributed by atoms with E-state index < -0.39 is 11.2 Å². The van der Waals surface area contributed by atoms with E-state index in [1.807, 2.05) is 46.4 Å². The second-order valence-corrected chi connectivity index (χ2v) is 16.7. The summed E-state index contributed by atoms with van der Waals surface area (Å²) >= 11 is 0. The van der Waals surface area contributed by atoms with Gasteiger partial charge in [-0.2, -0.15) is 0 Å². The Labute approximate surface area is 352 Å². The van der Waals surface area contributed by atoms with E-state index in [-0.39, 0.29) is 55.1 Å². The van der Waals surface area contributed by atoms with Crippen LogP contribution in [0.15, 0.2) is 18.6 Å². The lowest BCUT2D eigenvalue weighted by molar-refractivity contribution is -0.131. The van der Waals surface area contributed by atoms with Crippen molar-refractivity contribution in [3.8, 4) is 36.5 Å². The molecule has 15 heteroatoms. The molecule has 0 unspecified atom stereocenters. The Bertz CT molecular complexity index is 1660. The molecule has 1 aromatic heterocycles. The number of aromatic nitrogens is 2. The molecule has 0 bridgehead atoms. The van der Waals surface area contributed by atoms with E-state index in [4.69, 9.17) is 22.3 Å². The fourth-order valence-electron chi connectivity index (χ4n) is 6.59. The number of carbonyl (C=O) groups is 5. The lowest BCUT2D eigenvalue weighted by Gasteiger charge is -2.38. The van der Waals surface area contributed by atoms with Crippen molar-refractivity contribution in [2.75, 3.05) is 58.9 Å². The van der Waals surface area contributed by atoms with E-state index in [1.54, 1.807) is 59.0 Å². The molecule has 3 aliphatic rings. The first-order valence-corrected chi connectivity index (χ1v) is 20.4. The Balaban J connectivity index is 0.000000323. The molecule has 1 aromatic rings. The van der Waals surface area contributed by atoms with Crippen LogP contribution >= 0.6 is 0 Å². The molecule has 1 N–H and O–H groups in total. The van der Waals surface area contributed by atoms with Gasteiger partial charge in [0.25, 0.3) is 0 Å². The van der Waals surface area contributed by atoms with Gasteiger partial charge in [0, 0.05) is 90.6 Å². The molecule has 0 radical (unpaired) electrons. The molecule has 3 aliphatic heterocycles. The standard InChI is InChI=1S/C19H26N4O3.C15H24N2O3.C10H16N2O/c1-15(24)22-12-7-17(8-13-22)23(18(25)26-19(2,3)4)11-5-6-16-14-20-9-10-21-16;1-6-9-17(14(19)20-15(3,4)5)13-7-10-16(11-8-13)12(2)18;1-3-6-11-10-4-7-12(8-5-10)9(2)13/h9-10,14,17H,7-8,11-13H2,1-4H3;1,13H,7-11H2,2-5H3;1,10-11H,4-8H2,2H3. The lowest BCUT2D eigenvalue weighted by atomic mass is 10.0. The van der Waals surface area contributed by atoms with Gasteiger partial charge in [-0.1, -0.05) is 17.8 Å². The van der Waals surface area contributed by atoms with Crippen LogP contribution < -0.4 is 5.32 Å². The Kier molecular flexibility index (Phi) is 20.7. The number of nitrogens with zero attached hydrogens (tertiary/aromatic N) is 7. The summed E-state index contributed by atoms with van der Waals surface area (Å²) in [6.45, 7) is 21.2. The summed E-state index contributed by atoms with van der Waals surface area (Å²) in [5.74, 6) is 11.3. The van der Waals surface area contributed by atoms with E-state index >= 15 is 0 Å². The Morgan fingerprint density at radius 2 is 1.12 bits per heavy atom. The fraction of sp³-hybridized carbons (Fsp3) is 0.659. The highest BCUT2D eigenvalue weighted by Gasteiger charge is 2.32. The van der Waals surface area contributed by atoms with Gasteiger partial charge >= 0.3 is 12.2 Å². The first kappa shape index (κ1) is 49.8. The number of rotatable bonds is 6. The Morgan fingerprint density at radius 3 is 1.47 bits per heavy atom. The Hall–Kier alpha value is -5.33. The highest BCUT2D eigenvalue weighted by molar-refractivity contribution is 5.74. The van der Waals surface area contributed by atoms with Crippen LogP contribution in [0.2, 0.25) is 0 Å². The fourth-order valence-corrected chi connectivity index (χ4v) is 6.59. The van der Waals surface area contributed by atoms with Crippen molar-refractivity contribution in [2.45, 2.75) is 130 Å². The number of carbonyl (C=O) groups excluding carboxylic acids is 5. The third-order valence-corrected chi connectivity index (χ3v) is 9.68. The molecule has 0 aromatic carbocycles. The number of likely N-dealkylation sites (tertiary alicyclic amines) is 3. The first-order valence-electron chi connectivity index (χ1n) is 20.4. The van der Waals surface area contributed by atoms with Crippen molar-refractivity contribution in [3.63, 3.8) is 0 Å². The minimum Gasteiger partial charge on any atom is -0.444 e. The molecular formula is C44H66N8O7. The van der Waals surface area contributed by atoms with Gasteiger partial charge < -0.3 is 29.5 Å². The van der Waals surface area contributed by atoms with Gasteiger partial charge in [0.1, 0.15) is 16.9 Å². The van der Waals surface area contributed by atoms with Crippen molar-refractivity contribution < 1.29 is 33.4 Å². The molecule has 3 saturated heterocycles. The zero-order valence-corrected chi connectivity index (χ0v) is 36.7. The molecular weight excluding hydrogens is 753 g/mol. The van der Waals surface area contributed by atoms with E-state index in [0.717, 1.165) is 38.8 Å². The number of ether oxygens (including phenoxy) is 2. The Morgan fingerprint density at radius 1 is 0.695 bits per heavy atom. The number of amides is 5. The number of terminal acetylenes is 2. The van der Waals surface area contributed by atoms with Gasteiger partial charge in [-0.05, 0) is 86.0 Å². The number of hydrogen-bond acceptors (Lipinski definition) is 10. The third-order valence-electron chi connectivity index (χ3n) is 9.68. The number of hydrogen-bond donors (Lipinski definition) is 1. The maximum Gasteiger partial charge on any atom is 0.411 e. The predicted octanol–water partition coefficient (Wildman–Crippen LogP) is 4.16. The summed E-state index contributed by atoms with van der Waals surface area (Å²) in [6.07, 6.45) is 19.4. The molecule has 0 aliphatic carbocycles. The predicted molar refractivity (Wildman–Crippen MR) is 226 cm³/mol. The van der Waals surface area contributed by atoms with Crippen LogP contribution in [0.1, 0.15) is 107 Å². The average molecular weight is 819 g/mol. The van der Waals surface area contributed by atoms with Crippen LogP contribution in [0.4, 0.5) is 9.59 Å². The quantitative estimate of drug-likeness (QED) is 0.414. The smallest absolute Gasteiger partial charge is 0.411 e. The van der Waals surface area contributed by atoms with Crippen molar-refractivity contribution in [3.05, 3.63) is 24.3 Å². The third kappa shape index (κ3) is 19.3. The van der Waals surface area contributed by atoms with Gasteiger partial charge in [0.05, 0.1) is 25.8 Å². The average Bonchev–Trinajstić information content (AvgIpc) is 3.17. The minimum absolute atomic E-state index is 0.00314. The lowest BCUT2D eigenvalue weighted by Crippen LogP contribution is -2.49. The zero-order valence-electron chi connectivity index (χ0n) is 36.7. The molecule has 4 heterocycles. The van der Waals surface area contributed by atoms with Gasteiger partial charge in [-0.3, -0.25) is 29.2 Å². The molecule has 3 fully saturated rings. The summed E-state index contributed by atoms with van der Waals surface area (Å²) in [4.78, 5) is 75.5. The second kappa shape index (κ2) is 24.6. The van der Waals surface area contributed by atoms with E-state index in [9.17, 15) is 24.0 Å². The van der Waals surface area contributed by atoms with E-state index in [1.165, 1.54) is 0 Å². The zero-order chi connectivity index (χ0) is 44.2. The molecule has 0 atom stereocenters. The molecule has 5 amide bonds. The summed E-state index contributed by atoms with van der Waals surface area (Å²) < 4.78 is 10.9. The van der Waals surface area contributed by atoms with Crippen molar-refractivity contribution >= 4 is 29.9 Å². The van der Waals surface area contributed by atoms with Crippen LogP contribution in [0, 0.1) is 36.5 Å². The highest BCUT2D eigenvalue weighted by Crippen LogP contribution is 2.21. The van der Waals surface area contributed by atoms with E-state index in [0.29, 0.717) is 57.3 Å². The molecule has 324 valence electrons. The molecule has 0 saturated carbocycles. The maximum absolute atomic E-state index is 12.6. The first-order chi connectivity index (χ1) is 27.7. The van der Waals surface area contributed by atoms with Crippen LogP contribution in [0.5, 0.6) is 0 Å². The highest BCUT2D eigenvalue weighted by atomic mass is 16.6. The van der Waals surface area contributed by atoms with Crippen molar-refractivity contribution in [2.24, 2.45) is 0 Å². The normalized spacial score (nSPS) is 16.2. The van der Waals surface area contributed by atoms with Crippen molar-refractivity contribution in [1.29, 1.82) is 0 Å². The summed E-state index contributed by atoms with van der Waals surface area (Å²) in [6, 6.07) is 0.528. The van der Waals surface area contributed by atoms with Gasteiger partial charge in [-0.25, -0.2) is 14.6 Å². The number of nitrogens with one attached hydrogen (secondary N) is 1. The largest absolute Gasteiger partial charge is 0.444 e. The molecule has 0 spiro atoms. The van der Waals surface area contributed by atoms with Gasteiger partial charge in [0.15, 0.2) is 0 Å². The van der Waals surface area contributed by atoms with Crippen LogP contribution in [-0.2, 0) is 23.9 Å². The monoisotopic (exact) mass is 819 g/mol. The van der Waals surface area contributed by atoms with Gasteiger partial charge in [-0.15, -0.1) is 12.8 Å². The summed E-state index contributed by atoms with van der Waals surface area (Å²) in [5.41, 5.74) is -0.555. The second-order valence-electron chi connectivity index (χ2n) is 16.7. The maximum atomic E-state index is 12.6. The van der Waals surface area contributed by atoms with Gasteiger partial charge in [0.2, 0.25) is 17.7 Å². The van der Waals surface area contributed by atoms with Crippen LogP contribution in [-0.4, -0.2) is 153 Å². The van der Waals surface area contributed by atoms with E-state index in [2.05, 4.69) is 39.0 Å². The van der Waals surface area contributed by atoms with Crippen LogP contribution in [0.3, 0.4) is 0 Å². The molecule has 15 nitrogen and oxygen atoms in total.